The summed E-state index contributed by atoms with van der Waals surface area (Å²) in [6.45, 7) is 3.24. The fourth-order valence-corrected chi connectivity index (χ4v) is 3.81. The molecule has 1 saturated heterocycles. The minimum atomic E-state index is 0.189. The fraction of sp³-hybridized carbons (Fsp3) is 0.562. The van der Waals surface area contributed by atoms with Gasteiger partial charge in [0.1, 0.15) is 5.84 Å². The lowest BCUT2D eigenvalue weighted by Gasteiger charge is -2.34. The summed E-state index contributed by atoms with van der Waals surface area (Å²) >= 11 is 0. The SMILES string of the molecule is Cc1ccc(C(=N)N)c(N2CCC3CCCCC32)c1. The molecule has 0 aromatic heterocycles. The van der Waals surface area contributed by atoms with Crippen LogP contribution in [0.3, 0.4) is 0 Å². The Morgan fingerprint density at radius 2 is 2.05 bits per heavy atom. The molecule has 2 aliphatic rings. The van der Waals surface area contributed by atoms with Crippen LogP contribution in [0.15, 0.2) is 18.2 Å². The van der Waals surface area contributed by atoms with E-state index in [1.807, 2.05) is 6.07 Å². The smallest absolute Gasteiger partial charge is 0.124 e. The first-order valence-corrected chi connectivity index (χ1v) is 7.38. The van der Waals surface area contributed by atoms with E-state index in [9.17, 15) is 0 Å². The lowest BCUT2D eigenvalue weighted by molar-refractivity contribution is 0.342. The van der Waals surface area contributed by atoms with E-state index in [1.165, 1.54) is 43.4 Å². The zero-order valence-corrected chi connectivity index (χ0v) is 11.7. The highest BCUT2D eigenvalue weighted by atomic mass is 15.2. The molecule has 0 bridgehead atoms. The second kappa shape index (κ2) is 4.87. The van der Waals surface area contributed by atoms with Crippen molar-refractivity contribution in [1.82, 2.24) is 0 Å². The number of nitrogens with two attached hydrogens (primary N) is 1. The van der Waals surface area contributed by atoms with Crippen LogP contribution in [0.5, 0.6) is 0 Å². The van der Waals surface area contributed by atoms with Crippen LogP contribution in [0.4, 0.5) is 5.69 Å². The molecule has 2 unspecified atom stereocenters. The molecule has 1 heterocycles. The minimum Gasteiger partial charge on any atom is -0.384 e. The summed E-state index contributed by atoms with van der Waals surface area (Å²) in [6, 6.07) is 6.93. The van der Waals surface area contributed by atoms with Crippen LogP contribution in [0, 0.1) is 18.3 Å². The summed E-state index contributed by atoms with van der Waals surface area (Å²) in [5.41, 5.74) is 9.09. The molecule has 2 fully saturated rings. The number of aryl methyl sites for hydroxylation is 1. The van der Waals surface area contributed by atoms with Gasteiger partial charge in [-0.2, -0.15) is 0 Å². The topological polar surface area (TPSA) is 53.1 Å². The fourth-order valence-electron chi connectivity index (χ4n) is 3.81. The van der Waals surface area contributed by atoms with Crippen molar-refractivity contribution in [3.05, 3.63) is 29.3 Å². The maximum absolute atomic E-state index is 7.79. The van der Waals surface area contributed by atoms with Gasteiger partial charge in [0.15, 0.2) is 0 Å². The van der Waals surface area contributed by atoms with Crippen LogP contribution < -0.4 is 10.6 Å². The van der Waals surface area contributed by atoms with Crippen molar-refractivity contribution < 1.29 is 0 Å². The number of anilines is 1. The second-order valence-corrected chi connectivity index (χ2v) is 6.03. The van der Waals surface area contributed by atoms with Crippen LogP contribution >= 0.6 is 0 Å². The Balaban J connectivity index is 1.97. The highest BCUT2D eigenvalue weighted by Crippen LogP contribution is 2.40. The normalized spacial score (nSPS) is 26.3. The number of hydrogen-bond acceptors (Lipinski definition) is 2. The van der Waals surface area contributed by atoms with Gasteiger partial charge in [0.2, 0.25) is 0 Å². The van der Waals surface area contributed by atoms with E-state index in [2.05, 4.69) is 24.0 Å². The molecule has 3 heteroatoms. The van der Waals surface area contributed by atoms with Gasteiger partial charge in [0.05, 0.1) is 0 Å². The zero-order valence-electron chi connectivity index (χ0n) is 11.7. The Hall–Kier alpha value is -1.51. The quantitative estimate of drug-likeness (QED) is 0.632. The monoisotopic (exact) mass is 257 g/mol. The first-order chi connectivity index (χ1) is 9.16. The lowest BCUT2D eigenvalue weighted by atomic mass is 9.85. The first-order valence-electron chi connectivity index (χ1n) is 7.38. The molecule has 1 aliphatic carbocycles. The van der Waals surface area contributed by atoms with Crippen molar-refractivity contribution in [3.8, 4) is 0 Å². The highest BCUT2D eigenvalue weighted by Gasteiger charge is 2.36. The number of benzene rings is 1. The summed E-state index contributed by atoms with van der Waals surface area (Å²) < 4.78 is 0. The number of amidine groups is 1. The van der Waals surface area contributed by atoms with Gasteiger partial charge in [-0.1, -0.05) is 18.9 Å². The van der Waals surface area contributed by atoms with Crippen LogP contribution in [0.2, 0.25) is 0 Å². The molecular weight excluding hydrogens is 234 g/mol. The third kappa shape index (κ3) is 2.22. The van der Waals surface area contributed by atoms with Crippen LogP contribution in [-0.2, 0) is 0 Å². The van der Waals surface area contributed by atoms with E-state index in [0.717, 1.165) is 18.0 Å². The summed E-state index contributed by atoms with van der Waals surface area (Å²) in [7, 11) is 0. The molecule has 1 aromatic rings. The summed E-state index contributed by atoms with van der Waals surface area (Å²) in [5, 5.41) is 7.79. The third-order valence-electron chi connectivity index (χ3n) is 4.76. The van der Waals surface area contributed by atoms with Gasteiger partial charge in [-0.15, -0.1) is 0 Å². The number of nitrogens with one attached hydrogen (secondary N) is 1. The van der Waals surface area contributed by atoms with Gasteiger partial charge in [0.25, 0.3) is 0 Å². The largest absolute Gasteiger partial charge is 0.384 e. The molecule has 0 spiro atoms. The number of nitrogen functional groups attached to an aromatic ring is 1. The first kappa shape index (κ1) is 12.5. The lowest BCUT2D eigenvalue weighted by Crippen LogP contribution is -2.36. The maximum Gasteiger partial charge on any atom is 0.124 e. The minimum absolute atomic E-state index is 0.189. The van der Waals surface area contributed by atoms with Crippen LogP contribution in [-0.4, -0.2) is 18.4 Å². The van der Waals surface area contributed by atoms with E-state index < -0.39 is 0 Å². The van der Waals surface area contributed by atoms with E-state index in [0.29, 0.717) is 6.04 Å². The molecule has 3 N–H and O–H groups in total. The molecular formula is C16H23N3. The van der Waals surface area contributed by atoms with Crippen LogP contribution in [0.1, 0.15) is 43.2 Å². The summed E-state index contributed by atoms with van der Waals surface area (Å²) in [4.78, 5) is 2.52. The van der Waals surface area contributed by atoms with E-state index in [4.69, 9.17) is 11.1 Å². The molecule has 1 aliphatic heterocycles. The summed E-state index contributed by atoms with van der Waals surface area (Å²) in [5.74, 6) is 1.04. The molecule has 19 heavy (non-hydrogen) atoms. The van der Waals surface area contributed by atoms with Gasteiger partial charge >= 0.3 is 0 Å². The molecule has 1 aromatic carbocycles. The molecule has 0 radical (unpaired) electrons. The Kier molecular flexibility index (Phi) is 3.21. The Bertz CT molecular complexity index is 495. The predicted molar refractivity (Wildman–Crippen MR) is 79.9 cm³/mol. The van der Waals surface area contributed by atoms with Crippen molar-refractivity contribution in [2.75, 3.05) is 11.4 Å². The van der Waals surface area contributed by atoms with E-state index in [-0.39, 0.29) is 5.84 Å². The molecule has 3 nitrogen and oxygen atoms in total. The Labute approximate surface area is 115 Å². The summed E-state index contributed by atoms with van der Waals surface area (Å²) in [6.07, 6.45) is 6.72. The second-order valence-electron chi connectivity index (χ2n) is 6.03. The van der Waals surface area contributed by atoms with Crippen molar-refractivity contribution in [2.24, 2.45) is 11.7 Å². The number of hydrogen-bond donors (Lipinski definition) is 2. The average Bonchev–Trinajstić information content (AvgIpc) is 2.82. The third-order valence-corrected chi connectivity index (χ3v) is 4.76. The van der Waals surface area contributed by atoms with Gasteiger partial charge in [-0.05, 0) is 49.8 Å². The molecule has 0 amide bonds. The molecule has 2 atom stereocenters. The highest BCUT2D eigenvalue weighted by molar-refractivity contribution is 6.00. The van der Waals surface area contributed by atoms with Crippen LogP contribution in [0.25, 0.3) is 0 Å². The van der Waals surface area contributed by atoms with E-state index in [1.54, 1.807) is 0 Å². The van der Waals surface area contributed by atoms with Crippen molar-refractivity contribution in [1.29, 1.82) is 5.41 Å². The molecule has 102 valence electrons. The molecule has 3 rings (SSSR count). The maximum atomic E-state index is 7.79. The average molecular weight is 257 g/mol. The number of nitrogens with zero attached hydrogens (tertiary/aromatic N) is 1. The Morgan fingerprint density at radius 3 is 2.84 bits per heavy atom. The van der Waals surface area contributed by atoms with Crippen molar-refractivity contribution >= 4 is 11.5 Å². The predicted octanol–water partition coefficient (Wildman–Crippen LogP) is 3.05. The van der Waals surface area contributed by atoms with Gasteiger partial charge in [-0.3, -0.25) is 5.41 Å². The molecule has 1 saturated carbocycles. The standard InChI is InChI=1S/C16H23N3/c1-11-6-7-13(16(17)18)15(10-11)19-9-8-12-4-2-3-5-14(12)19/h6-7,10,12,14H,2-5,8-9H2,1H3,(H3,17,18). The van der Waals surface area contributed by atoms with Gasteiger partial charge < -0.3 is 10.6 Å². The zero-order chi connectivity index (χ0) is 13.4. The van der Waals surface area contributed by atoms with Crippen molar-refractivity contribution in [3.63, 3.8) is 0 Å². The van der Waals surface area contributed by atoms with Gasteiger partial charge in [-0.25, -0.2) is 0 Å². The van der Waals surface area contributed by atoms with Gasteiger partial charge in [0, 0.05) is 23.8 Å². The number of rotatable bonds is 2. The number of fused-ring (bicyclic) bond motifs is 1. The van der Waals surface area contributed by atoms with Crippen molar-refractivity contribution in [2.45, 2.75) is 45.1 Å². The van der Waals surface area contributed by atoms with E-state index >= 15 is 0 Å². The Morgan fingerprint density at radius 1 is 1.26 bits per heavy atom.